The fraction of sp³-hybridized carbons (Fsp3) is 0.300. The summed E-state index contributed by atoms with van der Waals surface area (Å²) in [4.78, 5) is 11.1. The third-order valence-electron chi connectivity index (χ3n) is 1.78. The summed E-state index contributed by atoms with van der Waals surface area (Å²) in [5.74, 6) is 0. The van der Waals surface area contributed by atoms with E-state index >= 15 is 0 Å². The van der Waals surface area contributed by atoms with Crippen LogP contribution in [0.4, 0.5) is 9.18 Å². The Bertz CT molecular complexity index is 333. The van der Waals surface area contributed by atoms with Gasteiger partial charge in [0.1, 0.15) is 6.67 Å². The highest BCUT2D eigenvalue weighted by Crippen LogP contribution is 2.14. The number of alkyl halides is 1. The number of benzene rings is 1. The van der Waals surface area contributed by atoms with Crippen LogP contribution < -0.4 is 10.6 Å². The summed E-state index contributed by atoms with van der Waals surface area (Å²) in [6.07, 6.45) is 0. The number of urea groups is 1. The van der Waals surface area contributed by atoms with Crippen molar-refractivity contribution in [3.8, 4) is 0 Å². The Morgan fingerprint density at radius 2 is 2.07 bits per heavy atom. The number of hydrogen-bond acceptors (Lipinski definition) is 1. The number of halogens is 2. The van der Waals surface area contributed by atoms with E-state index in [1.165, 1.54) is 0 Å². The number of amides is 2. The van der Waals surface area contributed by atoms with E-state index in [1.807, 2.05) is 24.3 Å². The lowest BCUT2D eigenvalue weighted by Gasteiger charge is -2.07. The molecule has 0 radical (unpaired) electrons. The molecule has 3 nitrogen and oxygen atoms in total. The van der Waals surface area contributed by atoms with Gasteiger partial charge in [0, 0.05) is 17.6 Å². The van der Waals surface area contributed by atoms with Gasteiger partial charge in [-0.1, -0.05) is 34.1 Å². The van der Waals surface area contributed by atoms with Crippen molar-refractivity contribution in [3.63, 3.8) is 0 Å². The van der Waals surface area contributed by atoms with E-state index in [4.69, 9.17) is 0 Å². The van der Waals surface area contributed by atoms with Crippen molar-refractivity contribution in [3.05, 3.63) is 34.3 Å². The number of hydrogen-bond donors (Lipinski definition) is 2. The van der Waals surface area contributed by atoms with Gasteiger partial charge in [-0.25, -0.2) is 9.18 Å². The second-order valence-corrected chi connectivity index (χ2v) is 3.74. The first-order chi connectivity index (χ1) is 7.24. The van der Waals surface area contributed by atoms with Crippen LogP contribution in [0.1, 0.15) is 5.56 Å². The highest BCUT2D eigenvalue weighted by atomic mass is 79.9. The van der Waals surface area contributed by atoms with Gasteiger partial charge in [0.25, 0.3) is 0 Å². The van der Waals surface area contributed by atoms with Crippen LogP contribution in [0.3, 0.4) is 0 Å². The van der Waals surface area contributed by atoms with Gasteiger partial charge < -0.3 is 10.6 Å². The van der Waals surface area contributed by atoms with E-state index in [9.17, 15) is 9.18 Å². The molecule has 0 unspecified atom stereocenters. The van der Waals surface area contributed by atoms with Crippen molar-refractivity contribution in [2.24, 2.45) is 0 Å². The van der Waals surface area contributed by atoms with Gasteiger partial charge in [0.05, 0.1) is 0 Å². The summed E-state index contributed by atoms with van der Waals surface area (Å²) in [6.45, 7) is -0.0935. The third kappa shape index (κ3) is 4.29. The molecule has 0 aliphatic carbocycles. The molecular formula is C10H12BrFN2O. The molecule has 0 saturated heterocycles. The zero-order valence-electron chi connectivity index (χ0n) is 8.09. The summed E-state index contributed by atoms with van der Waals surface area (Å²) in [5.41, 5.74) is 0.980. The van der Waals surface area contributed by atoms with Gasteiger partial charge in [-0.05, 0) is 11.6 Å². The molecule has 1 aromatic rings. The Morgan fingerprint density at radius 3 is 2.73 bits per heavy atom. The Kier molecular flexibility index (Phi) is 5.10. The molecule has 0 aliphatic heterocycles. The zero-order valence-corrected chi connectivity index (χ0v) is 9.68. The molecule has 82 valence electrons. The highest BCUT2D eigenvalue weighted by Gasteiger charge is 2.01. The Morgan fingerprint density at radius 1 is 1.33 bits per heavy atom. The van der Waals surface area contributed by atoms with E-state index in [2.05, 4.69) is 26.6 Å². The van der Waals surface area contributed by atoms with Crippen LogP contribution in [-0.4, -0.2) is 19.3 Å². The lowest BCUT2D eigenvalue weighted by molar-refractivity contribution is 0.239. The molecule has 0 aromatic heterocycles. The zero-order chi connectivity index (χ0) is 11.1. The molecule has 2 amide bonds. The SMILES string of the molecule is O=C(NCCF)NCc1ccccc1Br. The average Bonchev–Trinajstić information content (AvgIpc) is 2.25. The molecule has 2 N–H and O–H groups in total. The maximum absolute atomic E-state index is 11.7. The topological polar surface area (TPSA) is 41.1 Å². The largest absolute Gasteiger partial charge is 0.336 e. The fourth-order valence-corrected chi connectivity index (χ4v) is 1.47. The molecule has 1 aromatic carbocycles. The number of carbonyl (C=O) groups is 1. The van der Waals surface area contributed by atoms with E-state index < -0.39 is 6.67 Å². The third-order valence-corrected chi connectivity index (χ3v) is 2.55. The van der Waals surface area contributed by atoms with Crippen LogP contribution in [0, 0.1) is 0 Å². The minimum absolute atomic E-state index is 0.0434. The van der Waals surface area contributed by atoms with Crippen molar-refractivity contribution in [2.75, 3.05) is 13.2 Å². The molecule has 0 spiro atoms. The quantitative estimate of drug-likeness (QED) is 0.869. The Balaban J connectivity index is 2.37. The van der Waals surface area contributed by atoms with Gasteiger partial charge in [-0.3, -0.25) is 0 Å². The summed E-state index contributed by atoms with van der Waals surface area (Å²) in [7, 11) is 0. The molecule has 0 saturated carbocycles. The first-order valence-corrected chi connectivity index (χ1v) is 5.34. The Hall–Kier alpha value is -1.10. The molecule has 0 fully saturated rings. The van der Waals surface area contributed by atoms with E-state index in [0.29, 0.717) is 6.54 Å². The van der Waals surface area contributed by atoms with Gasteiger partial charge in [-0.15, -0.1) is 0 Å². The predicted molar refractivity (Wildman–Crippen MR) is 60.4 cm³/mol. The summed E-state index contributed by atoms with van der Waals surface area (Å²) in [5, 5.41) is 5.01. The number of rotatable bonds is 4. The molecule has 0 atom stereocenters. The van der Waals surface area contributed by atoms with E-state index in [1.54, 1.807) is 0 Å². The van der Waals surface area contributed by atoms with Crippen molar-refractivity contribution >= 4 is 22.0 Å². The molecular weight excluding hydrogens is 263 g/mol. The highest BCUT2D eigenvalue weighted by molar-refractivity contribution is 9.10. The van der Waals surface area contributed by atoms with Crippen molar-refractivity contribution in [2.45, 2.75) is 6.54 Å². The van der Waals surface area contributed by atoms with Crippen LogP contribution in [0.15, 0.2) is 28.7 Å². The first kappa shape index (κ1) is 12.0. The Labute approximate surface area is 96.2 Å². The van der Waals surface area contributed by atoms with Gasteiger partial charge >= 0.3 is 6.03 Å². The lowest BCUT2D eigenvalue weighted by atomic mass is 10.2. The minimum Gasteiger partial charge on any atom is -0.336 e. The van der Waals surface area contributed by atoms with E-state index in [-0.39, 0.29) is 12.6 Å². The van der Waals surface area contributed by atoms with Crippen LogP contribution in [0.5, 0.6) is 0 Å². The van der Waals surface area contributed by atoms with Crippen molar-refractivity contribution in [1.82, 2.24) is 10.6 Å². The van der Waals surface area contributed by atoms with Crippen molar-refractivity contribution < 1.29 is 9.18 Å². The standard InChI is InChI=1S/C10H12BrFN2O/c11-9-4-2-1-3-8(9)7-14-10(15)13-6-5-12/h1-4H,5-7H2,(H2,13,14,15). The maximum atomic E-state index is 11.7. The van der Waals surface area contributed by atoms with Crippen LogP contribution in [-0.2, 0) is 6.54 Å². The molecule has 5 heteroatoms. The number of carbonyl (C=O) groups excluding carboxylic acids is 1. The summed E-state index contributed by atoms with van der Waals surface area (Å²) < 4.78 is 12.7. The monoisotopic (exact) mass is 274 g/mol. The normalized spacial score (nSPS) is 9.73. The molecule has 0 bridgehead atoms. The second-order valence-electron chi connectivity index (χ2n) is 2.89. The maximum Gasteiger partial charge on any atom is 0.315 e. The lowest BCUT2D eigenvalue weighted by Crippen LogP contribution is -2.36. The molecule has 15 heavy (non-hydrogen) atoms. The average molecular weight is 275 g/mol. The summed E-state index contributed by atoms with van der Waals surface area (Å²) in [6, 6.07) is 7.23. The van der Waals surface area contributed by atoms with Gasteiger partial charge in [0.2, 0.25) is 0 Å². The van der Waals surface area contributed by atoms with Gasteiger partial charge in [-0.2, -0.15) is 0 Å². The van der Waals surface area contributed by atoms with Crippen LogP contribution in [0.2, 0.25) is 0 Å². The van der Waals surface area contributed by atoms with E-state index in [0.717, 1.165) is 10.0 Å². The van der Waals surface area contributed by atoms with Gasteiger partial charge in [0.15, 0.2) is 0 Å². The molecule has 1 rings (SSSR count). The molecule has 0 aliphatic rings. The first-order valence-electron chi connectivity index (χ1n) is 4.55. The van der Waals surface area contributed by atoms with Crippen molar-refractivity contribution in [1.29, 1.82) is 0 Å². The predicted octanol–water partition coefficient (Wildman–Crippen LogP) is 2.22. The van der Waals surface area contributed by atoms with Crippen LogP contribution in [0.25, 0.3) is 0 Å². The summed E-state index contributed by atoms with van der Waals surface area (Å²) >= 11 is 3.37. The smallest absolute Gasteiger partial charge is 0.315 e. The number of nitrogens with one attached hydrogen (secondary N) is 2. The fourth-order valence-electron chi connectivity index (χ4n) is 1.04. The molecule has 0 heterocycles. The second kappa shape index (κ2) is 6.40. The minimum atomic E-state index is -0.553. The van der Waals surface area contributed by atoms with Crippen LogP contribution >= 0.6 is 15.9 Å².